The minimum absolute atomic E-state index is 0.403. The molecule has 4 heteroatoms. The molecule has 1 saturated carbocycles. The SMILES string of the molecule is CCOC1CCCN(Cc2ccc(CNC3CC3)o2)C1. The zero-order valence-corrected chi connectivity index (χ0v) is 12.4. The van der Waals surface area contributed by atoms with E-state index in [9.17, 15) is 0 Å². The fourth-order valence-corrected chi connectivity index (χ4v) is 2.88. The van der Waals surface area contributed by atoms with Gasteiger partial charge in [-0.3, -0.25) is 4.90 Å². The van der Waals surface area contributed by atoms with Gasteiger partial charge in [-0.25, -0.2) is 0 Å². The Morgan fingerprint density at radius 1 is 1.30 bits per heavy atom. The minimum atomic E-state index is 0.403. The van der Waals surface area contributed by atoms with Crippen LogP contribution >= 0.6 is 0 Å². The highest BCUT2D eigenvalue weighted by Gasteiger charge is 2.22. The average Bonchev–Trinajstić information content (AvgIpc) is 3.18. The van der Waals surface area contributed by atoms with E-state index in [1.807, 2.05) is 0 Å². The van der Waals surface area contributed by atoms with Crippen molar-refractivity contribution >= 4 is 0 Å². The first kappa shape index (κ1) is 14.1. The first-order valence-corrected chi connectivity index (χ1v) is 7.98. The number of rotatable bonds is 7. The number of likely N-dealkylation sites (tertiary alicyclic amines) is 1. The van der Waals surface area contributed by atoms with Crippen LogP contribution in [-0.4, -0.2) is 36.7 Å². The third-order valence-electron chi connectivity index (χ3n) is 4.10. The van der Waals surface area contributed by atoms with E-state index < -0.39 is 0 Å². The molecule has 0 spiro atoms. The van der Waals surface area contributed by atoms with Crippen LogP contribution in [0.4, 0.5) is 0 Å². The summed E-state index contributed by atoms with van der Waals surface area (Å²) in [5.41, 5.74) is 0. The van der Waals surface area contributed by atoms with Crippen LogP contribution in [0.2, 0.25) is 0 Å². The molecule has 1 unspecified atom stereocenters. The summed E-state index contributed by atoms with van der Waals surface area (Å²) < 4.78 is 11.7. The quantitative estimate of drug-likeness (QED) is 0.831. The molecule has 1 saturated heterocycles. The standard InChI is InChI=1S/C16H26N2O2/c1-2-19-15-4-3-9-18(11-15)12-16-8-7-14(20-16)10-17-13-5-6-13/h7-8,13,15,17H,2-6,9-12H2,1H3. The van der Waals surface area contributed by atoms with Crippen molar-refractivity contribution < 1.29 is 9.15 Å². The summed E-state index contributed by atoms with van der Waals surface area (Å²) >= 11 is 0. The number of nitrogens with zero attached hydrogens (tertiary/aromatic N) is 1. The second kappa shape index (κ2) is 6.74. The minimum Gasteiger partial charge on any atom is -0.463 e. The number of piperidine rings is 1. The largest absolute Gasteiger partial charge is 0.463 e. The molecular weight excluding hydrogens is 252 g/mol. The van der Waals surface area contributed by atoms with Gasteiger partial charge < -0.3 is 14.5 Å². The van der Waals surface area contributed by atoms with Gasteiger partial charge >= 0.3 is 0 Å². The highest BCUT2D eigenvalue weighted by atomic mass is 16.5. The molecule has 4 nitrogen and oxygen atoms in total. The van der Waals surface area contributed by atoms with E-state index in [-0.39, 0.29) is 0 Å². The Kier molecular flexibility index (Phi) is 4.76. The van der Waals surface area contributed by atoms with Gasteiger partial charge in [0.2, 0.25) is 0 Å². The summed E-state index contributed by atoms with van der Waals surface area (Å²) in [5.74, 6) is 2.14. The first-order chi connectivity index (χ1) is 9.83. The van der Waals surface area contributed by atoms with Crippen LogP contribution in [-0.2, 0) is 17.8 Å². The third kappa shape index (κ3) is 4.08. The van der Waals surface area contributed by atoms with Crippen molar-refractivity contribution in [1.29, 1.82) is 0 Å². The molecule has 2 aliphatic rings. The smallest absolute Gasteiger partial charge is 0.118 e. The molecule has 0 aromatic carbocycles. The summed E-state index contributed by atoms with van der Waals surface area (Å²) in [4.78, 5) is 2.45. The van der Waals surface area contributed by atoms with Gasteiger partial charge in [0.1, 0.15) is 11.5 Å². The van der Waals surface area contributed by atoms with Crippen molar-refractivity contribution in [3.05, 3.63) is 23.7 Å². The fraction of sp³-hybridized carbons (Fsp3) is 0.750. The molecule has 3 rings (SSSR count). The first-order valence-electron chi connectivity index (χ1n) is 7.98. The maximum Gasteiger partial charge on any atom is 0.118 e. The van der Waals surface area contributed by atoms with Gasteiger partial charge in [-0.1, -0.05) is 0 Å². The molecule has 0 radical (unpaired) electrons. The maximum absolute atomic E-state index is 5.91. The molecule has 112 valence electrons. The average molecular weight is 278 g/mol. The van der Waals surface area contributed by atoms with Crippen LogP contribution in [0, 0.1) is 0 Å². The highest BCUT2D eigenvalue weighted by Crippen LogP contribution is 2.20. The van der Waals surface area contributed by atoms with E-state index in [0.29, 0.717) is 6.10 Å². The van der Waals surface area contributed by atoms with Gasteiger partial charge in [0.15, 0.2) is 0 Å². The molecule has 2 fully saturated rings. The second-order valence-electron chi connectivity index (χ2n) is 5.98. The van der Waals surface area contributed by atoms with Gasteiger partial charge in [0.05, 0.1) is 19.2 Å². The lowest BCUT2D eigenvalue weighted by atomic mass is 10.1. The van der Waals surface area contributed by atoms with E-state index >= 15 is 0 Å². The van der Waals surface area contributed by atoms with Crippen LogP contribution in [0.25, 0.3) is 0 Å². The molecular formula is C16H26N2O2. The second-order valence-corrected chi connectivity index (χ2v) is 5.98. The predicted octanol–water partition coefficient (Wildman–Crippen LogP) is 2.53. The Morgan fingerprint density at radius 3 is 2.95 bits per heavy atom. The van der Waals surface area contributed by atoms with Crippen LogP contribution < -0.4 is 5.32 Å². The van der Waals surface area contributed by atoms with Crippen molar-refractivity contribution in [3.63, 3.8) is 0 Å². The lowest BCUT2D eigenvalue weighted by Gasteiger charge is -2.31. The summed E-state index contributed by atoms with van der Waals surface area (Å²) in [6.45, 7) is 6.85. The van der Waals surface area contributed by atoms with E-state index in [2.05, 4.69) is 29.3 Å². The number of hydrogen-bond acceptors (Lipinski definition) is 4. The van der Waals surface area contributed by atoms with E-state index in [4.69, 9.17) is 9.15 Å². The van der Waals surface area contributed by atoms with E-state index in [0.717, 1.165) is 50.3 Å². The summed E-state index contributed by atoms with van der Waals surface area (Å²) in [6, 6.07) is 4.96. The molecule has 20 heavy (non-hydrogen) atoms. The third-order valence-corrected chi connectivity index (χ3v) is 4.10. The molecule has 1 N–H and O–H groups in total. The predicted molar refractivity (Wildman–Crippen MR) is 78.5 cm³/mol. The van der Waals surface area contributed by atoms with E-state index in [1.165, 1.54) is 25.7 Å². The van der Waals surface area contributed by atoms with Crippen LogP contribution in [0.1, 0.15) is 44.1 Å². The molecule has 1 atom stereocenters. The summed E-state index contributed by atoms with van der Waals surface area (Å²) in [6.07, 6.45) is 5.46. The number of nitrogens with one attached hydrogen (secondary N) is 1. The van der Waals surface area contributed by atoms with Crippen molar-refractivity contribution in [2.75, 3.05) is 19.7 Å². The number of ether oxygens (including phenoxy) is 1. The molecule has 1 aromatic rings. The maximum atomic E-state index is 5.91. The fourth-order valence-electron chi connectivity index (χ4n) is 2.88. The van der Waals surface area contributed by atoms with Gasteiger partial charge in [0.25, 0.3) is 0 Å². The Balaban J connectivity index is 1.46. The zero-order chi connectivity index (χ0) is 13.8. The molecule has 2 heterocycles. The lowest BCUT2D eigenvalue weighted by molar-refractivity contribution is 0.00193. The van der Waals surface area contributed by atoms with Crippen LogP contribution in [0.5, 0.6) is 0 Å². The summed E-state index contributed by atoms with van der Waals surface area (Å²) in [5, 5.41) is 3.49. The topological polar surface area (TPSA) is 37.6 Å². The molecule has 1 aliphatic carbocycles. The normalized spacial score (nSPS) is 24.1. The Hall–Kier alpha value is -0.840. The summed E-state index contributed by atoms with van der Waals surface area (Å²) in [7, 11) is 0. The van der Waals surface area contributed by atoms with Crippen molar-refractivity contribution in [2.24, 2.45) is 0 Å². The van der Waals surface area contributed by atoms with Crippen molar-refractivity contribution in [3.8, 4) is 0 Å². The van der Waals surface area contributed by atoms with Crippen molar-refractivity contribution in [1.82, 2.24) is 10.2 Å². The molecule has 1 aromatic heterocycles. The molecule has 0 amide bonds. The number of furan rings is 1. The van der Waals surface area contributed by atoms with Crippen molar-refractivity contribution in [2.45, 2.75) is 57.8 Å². The van der Waals surface area contributed by atoms with Gasteiger partial charge in [-0.15, -0.1) is 0 Å². The van der Waals surface area contributed by atoms with Crippen LogP contribution in [0.3, 0.4) is 0 Å². The highest BCUT2D eigenvalue weighted by molar-refractivity contribution is 5.07. The van der Waals surface area contributed by atoms with Gasteiger partial charge in [-0.05, 0) is 51.3 Å². The Morgan fingerprint density at radius 2 is 2.15 bits per heavy atom. The van der Waals surface area contributed by atoms with E-state index in [1.54, 1.807) is 0 Å². The number of hydrogen-bond donors (Lipinski definition) is 1. The molecule has 0 bridgehead atoms. The Bertz CT molecular complexity index is 412. The zero-order valence-electron chi connectivity index (χ0n) is 12.4. The lowest BCUT2D eigenvalue weighted by Crippen LogP contribution is -2.39. The molecule has 1 aliphatic heterocycles. The van der Waals surface area contributed by atoms with Gasteiger partial charge in [0, 0.05) is 19.2 Å². The Labute approximate surface area is 121 Å². The van der Waals surface area contributed by atoms with Crippen LogP contribution in [0.15, 0.2) is 16.5 Å². The monoisotopic (exact) mass is 278 g/mol. The van der Waals surface area contributed by atoms with Gasteiger partial charge in [-0.2, -0.15) is 0 Å².